The van der Waals surface area contributed by atoms with E-state index < -0.39 is 72.3 Å². The van der Waals surface area contributed by atoms with Gasteiger partial charge in [-0.15, -0.1) is 0 Å². The first-order chi connectivity index (χ1) is 15.3. The lowest BCUT2D eigenvalue weighted by atomic mass is 10.1. The van der Waals surface area contributed by atoms with Gasteiger partial charge in [0.2, 0.25) is 17.7 Å². The Labute approximate surface area is 189 Å². The van der Waals surface area contributed by atoms with Gasteiger partial charge in [-0.05, 0) is 32.6 Å². The molecule has 1 rings (SSSR count). The predicted octanol–water partition coefficient (Wildman–Crippen LogP) is -2.53. The van der Waals surface area contributed by atoms with Crippen molar-refractivity contribution < 1.29 is 49.2 Å². The number of nitrogens with two attached hydrogens (primary N) is 1. The Hall–Kier alpha value is -3.26. The molecule has 14 heteroatoms. The minimum atomic E-state index is -1.68. The largest absolute Gasteiger partial charge is 0.481 e. The Morgan fingerprint density at radius 1 is 1.00 bits per heavy atom. The number of nitrogens with zero attached hydrogens (tertiary/aromatic N) is 1. The zero-order valence-electron chi connectivity index (χ0n) is 18.1. The average Bonchev–Trinajstić information content (AvgIpc) is 3.21. The highest BCUT2D eigenvalue weighted by molar-refractivity contribution is 5.94. The van der Waals surface area contributed by atoms with Gasteiger partial charge in [-0.3, -0.25) is 24.0 Å². The van der Waals surface area contributed by atoms with Gasteiger partial charge < -0.3 is 41.7 Å². The zero-order chi connectivity index (χ0) is 25.3. The van der Waals surface area contributed by atoms with Gasteiger partial charge in [0.1, 0.15) is 12.1 Å². The van der Waals surface area contributed by atoms with Gasteiger partial charge in [-0.25, -0.2) is 4.79 Å². The molecule has 0 spiro atoms. The van der Waals surface area contributed by atoms with Crippen LogP contribution in [0.15, 0.2) is 0 Å². The van der Waals surface area contributed by atoms with Crippen molar-refractivity contribution in [3.63, 3.8) is 0 Å². The van der Waals surface area contributed by atoms with E-state index in [1.54, 1.807) is 0 Å². The number of aliphatic hydroxyl groups excluding tert-OH is 1. The number of rotatable bonds is 13. The highest BCUT2D eigenvalue weighted by Gasteiger charge is 2.38. The molecule has 0 aromatic carbocycles. The number of carbonyl (C=O) groups is 6. The van der Waals surface area contributed by atoms with Crippen LogP contribution in [0.4, 0.5) is 0 Å². The molecule has 0 bridgehead atoms. The summed E-state index contributed by atoms with van der Waals surface area (Å²) in [6.07, 6.45) is -2.11. The van der Waals surface area contributed by atoms with Crippen molar-refractivity contribution in [1.82, 2.24) is 15.5 Å². The third-order valence-corrected chi connectivity index (χ3v) is 5.15. The van der Waals surface area contributed by atoms with E-state index in [9.17, 15) is 33.9 Å². The maximum atomic E-state index is 12.8. The van der Waals surface area contributed by atoms with Gasteiger partial charge >= 0.3 is 17.9 Å². The van der Waals surface area contributed by atoms with Crippen molar-refractivity contribution in [2.75, 3.05) is 6.54 Å². The first-order valence-electron chi connectivity index (χ1n) is 10.4. The van der Waals surface area contributed by atoms with Crippen LogP contribution < -0.4 is 16.4 Å². The molecule has 0 aliphatic carbocycles. The second kappa shape index (κ2) is 12.7. The van der Waals surface area contributed by atoms with Crippen LogP contribution >= 0.6 is 0 Å². The van der Waals surface area contributed by atoms with Gasteiger partial charge in [0.25, 0.3) is 0 Å². The molecule has 0 radical (unpaired) electrons. The Morgan fingerprint density at radius 3 is 2.09 bits per heavy atom. The van der Waals surface area contributed by atoms with Crippen LogP contribution in [0.25, 0.3) is 0 Å². The molecule has 8 N–H and O–H groups in total. The van der Waals surface area contributed by atoms with Gasteiger partial charge in [0.05, 0.1) is 12.1 Å². The summed E-state index contributed by atoms with van der Waals surface area (Å²) >= 11 is 0. The summed E-state index contributed by atoms with van der Waals surface area (Å²) in [5, 5.41) is 40.8. The standard InChI is InChI=1S/C19H30N4O10/c1-9(24)15(19(32)33)22-16(29)11(5-7-14(27)28)21-17(30)12-3-2-8-23(12)18(31)10(20)4-6-13(25)26/h9-12,15,24H,2-8,20H2,1H3,(H,21,30)(H,22,29)(H,25,26)(H,27,28)(H,32,33). The van der Waals surface area contributed by atoms with E-state index in [0.717, 1.165) is 6.92 Å². The minimum absolute atomic E-state index is 0.126. The number of aliphatic hydroxyl groups is 1. The number of nitrogens with one attached hydrogen (secondary N) is 2. The molecule has 1 saturated heterocycles. The lowest BCUT2D eigenvalue weighted by molar-refractivity contribution is -0.146. The molecular formula is C19H30N4O10. The predicted molar refractivity (Wildman–Crippen MR) is 110 cm³/mol. The summed E-state index contributed by atoms with van der Waals surface area (Å²) in [5.74, 6) is -6.30. The van der Waals surface area contributed by atoms with Crippen LogP contribution in [0.2, 0.25) is 0 Å². The number of amides is 3. The molecule has 3 amide bonds. The number of carbonyl (C=O) groups excluding carboxylic acids is 3. The van der Waals surface area contributed by atoms with Crippen LogP contribution in [0.5, 0.6) is 0 Å². The van der Waals surface area contributed by atoms with Gasteiger partial charge in [0, 0.05) is 19.4 Å². The molecular weight excluding hydrogens is 444 g/mol. The van der Waals surface area contributed by atoms with E-state index in [0.29, 0.717) is 6.42 Å². The van der Waals surface area contributed by atoms with Gasteiger partial charge in [-0.2, -0.15) is 0 Å². The van der Waals surface area contributed by atoms with Crippen LogP contribution in [0.1, 0.15) is 45.4 Å². The van der Waals surface area contributed by atoms with Crippen molar-refractivity contribution in [2.24, 2.45) is 5.73 Å². The molecule has 186 valence electrons. The van der Waals surface area contributed by atoms with E-state index in [1.165, 1.54) is 4.90 Å². The summed E-state index contributed by atoms with van der Waals surface area (Å²) in [6.45, 7) is 1.33. The van der Waals surface area contributed by atoms with Gasteiger partial charge in [-0.1, -0.05) is 0 Å². The second-order valence-electron chi connectivity index (χ2n) is 7.79. The zero-order valence-corrected chi connectivity index (χ0v) is 18.1. The second-order valence-corrected chi connectivity index (χ2v) is 7.79. The lowest BCUT2D eigenvalue weighted by Crippen LogP contribution is -2.58. The first-order valence-corrected chi connectivity index (χ1v) is 10.4. The van der Waals surface area contributed by atoms with E-state index in [4.69, 9.17) is 21.1 Å². The van der Waals surface area contributed by atoms with Crippen molar-refractivity contribution in [3.05, 3.63) is 0 Å². The summed E-state index contributed by atoms with van der Waals surface area (Å²) < 4.78 is 0. The molecule has 0 aromatic heterocycles. The van der Waals surface area contributed by atoms with E-state index in [1.807, 2.05) is 0 Å². The number of carboxylic acids is 3. The Kier molecular flexibility index (Phi) is 10.7. The Bertz CT molecular complexity index is 772. The lowest BCUT2D eigenvalue weighted by Gasteiger charge is -2.28. The summed E-state index contributed by atoms with van der Waals surface area (Å²) in [5.41, 5.74) is 5.75. The van der Waals surface area contributed by atoms with Gasteiger partial charge in [0.15, 0.2) is 6.04 Å². The maximum Gasteiger partial charge on any atom is 0.328 e. The normalized spacial score (nSPS) is 19.1. The molecule has 0 saturated carbocycles. The van der Waals surface area contributed by atoms with E-state index in [2.05, 4.69) is 10.6 Å². The van der Waals surface area contributed by atoms with Crippen LogP contribution in [0, 0.1) is 0 Å². The molecule has 1 heterocycles. The van der Waals surface area contributed by atoms with Crippen molar-refractivity contribution >= 4 is 35.6 Å². The fourth-order valence-electron chi connectivity index (χ4n) is 3.37. The van der Waals surface area contributed by atoms with Crippen molar-refractivity contribution in [2.45, 2.75) is 75.7 Å². The fraction of sp³-hybridized carbons (Fsp3) is 0.684. The molecule has 1 aliphatic rings. The quantitative estimate of drug-likeness (QED) is 0.147. The number of aliphatic carboxylic acids is 3. The van der Waals surface area contributed by atoms with Crippen LogP contribution in [-0.4, -0.2) is 97.8 Å². The molecule has 0 aromatic rings. The molecule has 1 fully saturated rings. The van der Waals surface area contributed by atoms with Crippen molar-refractivity contribution in [1.29, 1.82) is 0 Å². The third-order valence-electron chi connectivity index (χ3n) is 5.15. The van der Waals surface area contributed by atoms with E-state index >= 15 is 0 Å². The Balaban J connectivity index is 2.92. The third kappa shape index (κ3) is 8.65. The molecule has 33 heavy (non-hydrogen) atoms. The number of hydrogen-bond acceptors (Lipinski definition) is 8. The van der Waals surface area contributed by atoms with Crippen molar-refractivity contribution in [3.8, 4) is 0 Å². The number of likely N-dealkylation sites (tertiary alicyclic amines) is 1. The van der Waals surface area contributed by atoms with Crippen LogP contribution in [0.3, 0.4) is 0 Å². The maximum absolute atomic E-state index is 12.8. The Morgan fingerprint density at radius 2 is 1.58 bits per heavy atom. The summed E-state index contributed by atoms with van der Waals surface area (Å²) in [7, 11) is 0. The number of carboxylic acid groups (broad SMARTS) is 3. The average molecular weight is 474 g/mol. The topological polar surface area (TPSA) is 237 Å². The number of hydrogen-bond donors (Lipinski definition) is 7. The van der Waals surface area contributed by atoms with Crippen LogP contribution in [-0.2, 0) is 28.8 Å². The smallest absolute Gasteiger partial charge is 0.328 e. The minimum Gasteiger partial charge on any atom is -0.481 e. The van der Waals surface area contributed by atoms with E-state index in [-0.39, 0.29) is 32.2 Å². The summed E-state index contributed by atoms with van der Waals surface area (Å²) in [6, 6.07) is -5.27. The fourth-order valence-corrected chi connectivity index (χ4v) is 3.37. The highest BCUT2D eigenvalue weighted by atomic mass is 16.4. The monoisotopic (exact) mass is 474 g/mol. The summed E-state index contributed by atoms with van der Waals surface area (Å²) in [4.78, 5) is 72.0. The molecule has 5 atom stereocenters. The molecule has 1 aliphatic heterocycles. The molecule has 5 unspecified atom stereocenters. The highest BCUT2D eigenvalue weighted by Crippen LogP contribution is 2.19. The first kappa shape index (κ1) is 27.8. The molecule has 14 nitrogen and oxygen atoms in total. The SMILES string of the molecule is CC(O)C(NC(=O)C(CCC(=O)O)NC(=O)C1CCCN1C(=O)C(N)CCC(=O)O)C(=O)O.